The van der Waals surface area contributed by atoms with Crippen LogP contribution in [0.15, 0.2) is 48.5 Å². The number of fused-ring (bicyclic) bond motifs is 3. The number of nitrogen functional groups attached to an aromatic ring is 1. The van der Waals surface area contributed by atoms with E-state index in [1.807, 2.05) is 18.2 Å². The van der Waals surface area contributed by atoms with Gasteiger partial charge in [0.05, 0.1) is 11.0 Å². The maximum atomic E-state index is 6.26. The number of aromatic nitrogens is 3. The summed E-state index contributed by atoms with van der Waals surface area (Å²) in [6.07, 6.45) is 3.16. The van der Waals surface area contributed by atoms with Crippen molar-refractivity contribution in [2.45, 2.75) is 39.3 Å². The quantitative estimate of drug-likeness (QED) is 0.456. The fourth-order valence-corrected chi connectivity index (χ4v) is 3.56. The van der Waals surface area contributed by atoms with Crippen molar-refractivity contribution in [1.82, 2.24) is 14.5 Å². The van der Waals surface area contributed by atoms with Crippen molar-refractivity contribution in [3.05, 3.63) is 65.5 Å². The third-order valence-corrected chi connectivity index (χ3v) is 5.04. The summed E-state index contributed by atoms with van der Waals surface area (Å²) in [4.78, 5) is 9.44. The molecule has 0 saturated carbocycles. The SMILES string of the molecule is CCCCc1nc2c(N)nc3ccccc3c2n1Cc1ccc(CN)cc1.Cl.Cl. The van der Waals surface area contributed by atoms with Gasteiger partial charge in [0.1, 0.15) is 11.3 Å². The largest absolute Gasteiger partial charge is 0.382 e. The number of anilines is 1. The Morgan fingerprint density at radius 1 is 0.931 bits per heavy atom. The van der Waals surface area contributed by atoms with Gasteiger partial charge in [0.15, 0.2) is 5.82 Å². The van der Waals surface area contributed by atoms with Gasteiger partial charge in [0.2, 0.25) is 0 Å². The van der Waals surface area contributed by atoms with E-state index in [1.165, 1.54) is 5.56 Å². The van der Waals surface area contributed by atoms with Crippen LogP contribution in [0.25, 0.3) is 21.9 Å². The molecular formula is C22H27Cl2N5. The average molecular weight is 432 g/mol. The number of hydrogen-bond donors (Lipinski definition) is 2. The van der Waals surface area contributed by atoms with Crippen LogP contribution in [-0.2, 0) is 19.5 Å². The predicted molar refractivity (Wildman–Crippen MR) is 126 cm³/mol. The molecule has 0 atom stereocenters. The van der Waals surface area contributed by atoms with E-state index in [9.17, 15) is 0 Å². The van der Waals surface area contributed by atoms with E-state index < -0.39 is 0 Å². The number of halogens is 2. The Bertz CT molecular complexity index is 1090. The smallest absolute Gasteiger partial charge is 0.152 e. The number of para-hydroxylation sites is 1. The molecule has 29 heavy (non-hydrogen) atoms. The summed E-state index contributed by atoms with van der Waals surface area (Å²) in [7, 11) is 0. The van der Waals surface area contributed by atoms with E-state index in [4.69, 9.17) is 16.5 Å². The van der Waals surface area contributed by atoms with Gasteiger partial charge < -0.3 is 16.0 Å². The molecular weight excluding hydrogens is 405 g/mol. The lowest BCUT2D eigenvalue weighted by atomic mass is 10.1. The fourth-order valence-electron chi connectivity index (χ4n) is 3.56. The van der Waals surface area contributed by atoms with Gasteiger partial charge in [0.25, 0.3) is 0 Å². The first-order chi connectivity index (χ1) is 13.2. The van der Waals surface area contributed by atoms with Gasteiger partial charge in [-0.1, -0.05) is 55.8 Å². The minimum Gasteiger partial charge on any atom is -0.382 e. The minimum absolute atomic E-state index is 0. The van der Waals surface area contributed by atoms with Gasteiger partial charge in [-0.15, -0.1) is 24.8 Å². The molecule has 4 aromatic rings. The van der Waals surface area contributed by atoms with Crippen molar-refractivity contribution in [2.75, 3.05) is 5.73 Å². The summed E-state index contributed by atoms with van der Waals surface area (Å²) in [6.45, 7) is 3.51. The van der Waals surface area contributed by atoms with Gasteiger partial charge in [0, 0.05) is 24.9 Å². The number of unbranched alkanes of at least 4 members (excludes halogenated alkanes) is 1. The van der Waals surface area contributed by atoms with Crippen molar-refractivity contribution in [3.8, 4) is 0 Å². The Labute approximate surface area is 183 Å². The van der Waals surface area contributed by atoms with Crippen LogP contribution >= 0.6 is 24.8 Å². The minimum atomic E-state index is 0. The Morgan fingerprint density at radius 2 is 1.62 bits per heavy atom. The summed E-state index contributed by atoms with van der Waals surface area (Å²) in [5, 5.41) is 1.09. The van der Waals surface area contributed by atoms with Crippen molar-refractivity contribution < 1.29 is 0 Å². The molecule has 0 unspecified atom stereocenters. The van der Waals surface area contributed by atoms with Crippen LogP contribution in [-0.4, -0.2) is 14.5 Å². The van der Waals surface area contributed by atoms with Crippen LogP contribution < -0.4 is 11.5 Å². The van der Waals surface area contributed by atoms with Crippen LogP contribution in [0.1, 0.15) is 36.7 Å². The first kappa shape index (κ1) is 22.9. The van der Waals surface area contributed by atoms with E-state index >= 15 is 0 Å². The maximum absolute atomic E-state index is 6.26. The third kappa shape index (κ3) is 4.47. The molecule has 154 valence electrons. The van der Waals surface area contributed by atoms with Crippen molar-refractivity contribution in [1.29, 1.82) is 0 Å². The van der Waals surface area contributed by atoms with E-state index in [1.54, 1.807) is 0 Å². The highest BCUT2D eigenvalue weighted by Crippen LogP contribution is 2.30. The standard InChI is InChI=1S/C22H25N5.2ClH/c1-2-3-8-19-26-20-21(17-6-4-5-7-18(17)25-22(20)24)27(19)14-16-11-9-15(13-23)10-12-16;;/h4-7,9-12H,2-3,8,13-14,23H2,1H3,(H2,24,25);2*1H. The van der Waals surface area contributed by atoms with Gasteiger partial charge in [-0.2, -0.15) is 0 Å². The van der Waals surface area contributed by atoms with Crippen LogP contribution in [0.3, 0.4) is 0 Å². The van der Waals surface area contributed by atoms with Crippen LogP contribution in [0, 0.1) is 0 Å². The molecule has 2 heterocycles. The van der Waals surface area contributed by atoms with E-state index in [-0.39, 0.29) is 24.8 Å². The Balaban J connectivity index is 0.00000150. The topological polar surface area (TPSA) is 82.8 Å². The Hall–Kier alpha value is -2.34. The van der Waals surface area contributed by atoms with Crippen molar-refractivity contribution in [3.63, 3.8) is 0 Å². The highest BCUT2D eigenvalue weighted by molar-refractivity contribution is 6.06. The van der Waals surface area contributed by atoms with E-state index in [0.717, 1.165) is 59.1 Å². The molecule has 5 nitrogen and oxygen atoms in total. The first-order valence-corrected chi connectivity index (χ1v) is 9.52. The molecule has 0 fully saturated rings. The predicted octanol–water partition coefficient (Wildman–Crippen LogP) is 4.86. The summed E-state index contributed by atoms with van der Waals surface area (Å²) in [6, 6.07) is 16.6. The van der Waals surface area contributed by atoms with Crippen LogP contribution in [0.5, 0.6) is 0 Å². The second kappa shape index (κ2) is 9.92. The number of hydrogen-bond acceptors (Lipinski definition) is 4. The zero-order valence-corrected chi connectivity index (χ0v) is 18.1. The van der Waals surface area contributed by atoms with Crippen LogP contribution in [0.4, 0.5) is 5.82 Å². The molecule has 0 aliphatic rings. The normalized spacial score (nSPS) is 10.7. The Kier molecular flexibility index (Phi) is 7.85. The molecule has 4 N–H and O–H groups in total. The maximum Gasteiger partial charge on any atom is 0.152 e. The zero-order chi connectivity index (χ0) is 18.8. The molecule has 2 aromatic heterocycles. The van der Waals surface area contributed by atoms with E-state index in [0.29, 0.717) is 12.4 Å². The summed E-state index contributed by atoms with van der Waals surface area (Å²) in [5.74, 6) is 1.57. The molecule has 0 saturated heterocycles. The lowest BCUT2D eigenvalue weighted by Crippen LogP contribution is -2.06. The number of aryl methyl sites for hydroxylation is 1. The summed E-state index contributed by atoms with van der Waals surface area (Å²) in [5.41, 5.74) is 17.1. The summed E-state index contributed by atoms with van der Waals surface area (Å²) >= 11 is 0. The van der Waals surface area contributed by atoms with Crippen molar-refractivity contribution in [2.24, 2.45) is 5.73 Å². The molecule has 0 bridgehead atoms. The molecule has 0 aliphatic heterocycles. The number of rotatable bonds is 6. The summed E-state index contributed by atoms with van der Waals surface area (Å²) < 4.78 is 2.31. The number of benzene rings is 2. The van der Waals surface area contributed by atoms with Gasteiger partial charge in [-0.05, 0) is 23.6 Å². The fraction of sp³-hybridized carbons (Fsp3) is 0.273. The van der Waals surface area contributed by atoms with E-state index in [2.05, 4.69) is 46.8 Å². The Morgan fingerprint density at radius 3 is 2.31 bits per heavy atom. The molecule has 4 rings (SSSR count). The zero-order valence-electron chi connectivity index (χ0n) is 16.5. The molecule has 0 spiro atoms. The average Bonchev–Trinajstić information content (AvgIpc) is 3.06. The van der Waals surface area contributed by atoms with Gasteiger partial charge >= 0.3 is 0 Å². The monoisotopic (exact) mass is 431 g/mol. The lowest BCUT2D eigenvalue weighted by molar-refractivity contribution is 0.690. The molecule has 0 amide bonds. The molecule has 0 radical (unpaired) electrons. The number of nitrogens with zero attached hydrogens (tertiary/aromatic N) is 3. The third-order valence-electron chi connectivity index (χ3n) is 5.04. The first-order valence-electron chi connectivity index (χ1n) is 9.52. The highest BCUT2D eigenvalue weighted by Gasteiger charge is 2.17. The van der Waals surface area contributed by atoms with Crippen LogP contribution in [0.2, 0.25) is 0 Å². The second-order valence-electron chi connectivity index (χ2n) is 6.95. The van der Waals surface area contributed by atoms with Crippen molar-refractivity contribution >= 4 is 52.6 Å². The second-order valence-corrected chi connectivity index (χ2v) is 6.95. The number of pyridine rings is 1. The lowest BCUT2D eigenvalue weighted by Gasteiger charge is -2.11. The molecule has 0 aliphatic carbocycles. The molecule has 7 heteroatoms. The molecule has 2 aromatic carbocycles. The number of nitrogens with two attached hydrogens (primary N) is 2. The highest BCUT2D eigenvalue weighted by atomic mass is 35.5. The van der Waals surface area contributed by atoms with Gasteiger partial charge in [-0.25, -0.2) is 9.97 Å². The number of imidazole rings is 1. The van der Waals surface area contributed by atoms with Gasteiger partial charge in [-0.3, -0.25) is 0 Å².